The number of rotatable bonds is 7. The van der Waals surface area contributed by atoms with Crippen LogP contribution in [-0.4, -0.2) is 38.5 Å². The Bertz CT molecular complexity index is 865. The number of nitrogens with zero attached hydrogens (tertiary/aromatic N) is 4. The summed E-state index contributed by atoms with van der Waals surface area (Å²) in [6, 6.07) is 11.4. The zero-order valence-corrected chi connectivity index (χ0v) is 15.4. The molecule has 0 atom stereocenters. The number of carbonyl (C=O) groups is 1. The van der Waals surface area contributed by atoms with Crippen molar-refractivity contribution in [3.63, 3.8) is 0 Å². The quantitative estimate of drug-likeness (QED) is 0.645. The van der Waals surface area contributed by atoms with Crippen LogP contribution in [0.5, 0.6) is 5.75 Å². The van der Waals surface area contributed by atoms with Gasteiger partial charge in [-0.15, -0.1) is 10.2 Å². The lowest BCUT2D eigenvalue weighted by atomic mass is 10.1. The topological polar surface area (TPSA) is 81.9 Å². The standard InChI is InChI=1S/C18H19N5O2S/c1-23-16(10-13-5-7-15(25-2)8-6-13)21-22-18(23)26-12-17(24)20-14-4-3-9-19-11-14/h3-9,11H,10,12H2,1-2H3,(H,20,24). The Morgan fingerprint density at radius 3 is 2.73 bits per heavy atom. The third-order valence-corrected chi connectivity index (χ3v) is 4.74. The molecule has 3 rings (SSSR count). The van der Waals surface area contributed by atoms with Crippen molar-refractivity contribution in [2.75, 3.05) is 18.2 Å². The van der Waals surface area contributed by atoms with Crippen LogP contribution in [0, 0.1) is 0 Å². The highest BCUT2D eigenvalue weighted by Gasteiger charge is 2.12. The van der Waals surface area contributed by atoms with Gasteiger partial charge in [0.25, 0.3) is 0 Å². The molecular weight excluding hydrogens is 350 g/mol. The number of methoxy groups -OCH3 is 1. The van der Waals surface area contributed by atoms with Gasteiger partial charge in [0.05, 0.1) is 24.7 Å². The van der Waals surface area contributed by atoms with Crippen molar-refractivity contribution in [2.45, 2.75) is 11.6 Å². The van der Waals surface area contributed by atoms with E-state index in [1.54, 1.807) is 31.6 Å². The molecule has 8 heteroatoms. The lowest BCUT2D eigenvalue weighted by Crippen LogP contribution is -2.14. The van der Waals surface area contributed by atoms with Gasteiger partial charge in [-0.25, -0.2) is 0 Å². The van der Waals surface area contributed by atoms with Crippen molar-refractivity contribution in [1.82, 2.24) is 19.7 Å². The zero-order valence-electron chi connectivity index (χ0n) is 14.5. The van der Waals surface area contributed by atoms with Crippen LogP contribution in [0.1, 0.15) is 11.4 Å². The van der Waals surface area contributed by atoms with Gasteiger partial charge in [0.1, 0.15) is 11.6 Å². The van der Waals surface area contributed by atoms with E-state index in [-0.39, 0.29) is 11.7 Å². The summed E-state index contributed by atoms with van der Waals surface area (Å²) in [4.78, 5) is 16.0. The number of nitrogens with one attached hydrogen (secondary N) is 1. The highest BCUT2D eigenvalue weighted by atomic mass is 32.2. The van der Waals surface area contributed by atoms with Crippen molar-refractivity contribution in [3.05, 3.63) is 60.2 Å². The van der Waals surface area contributed by atoms with E-state index in [0.717, 1.165) is 17.1 Å². The summed E-state index contributed by atoms with van der Waals surface area (Å²) in [5.41, 5.74) is 1.79. The Morgan fingerprint density at radius 2 is 2.04 bits per heavy atom. The molecule has 7 nitrogen and oxygen atoms in total. The summed E-state index contributed by atoms with van der Waals surface area (Å²) in [7, 11) is 3.55. The maximum Gasteiger partial charge on any atom is 0.234 e. The largest absolute Gasteiger partial charge is 0.497 e. The number of thioether (sulfide) groups is 1. The van der Waals surface area contributed by atoms with Gasteiger partial charge < -0.3 is 14.6 Å². The van der Waals surface area contributed by atoms with Crippen molar-refractivity contribution >= 4 is 23.4 Å². The average Bonchev–Trinajstić information content (AvgIpc) is 3.01. The van der Waals surface area contributed by atoms with E-state index in [1.807, 2.05) is 35.9 Å². The molecule has 0 aliphatic heterocycles. The molecule has 1 N–H and O–H groups in total. The fraction of sp³-hybridized carbons (Fsp3) is 0.222. The third-order valence-electron chi connectivity index (χ3n) is 3.72. The predicted molar refractivity (Wildman–Crippen MR) is 100 cm³/mol. The Morgan fingerprint density at radius 1 is 1.23 bits per heavy atom. The Kier molecular flexibility index (Phi) is 5.85. The van der Waals surface area contributed by atoms with Gasteiger partial charge in [0.15, 0.2) is 5.16 Å². The molecule has 0 unspecified atom stereocenters. The summed E-state index contributed by atoms with van der Waals surface area (Å²) in [5, 5.41) is 11.9. The van der Waals surface area contributed by atoms with Crippen LogP contribution >= 0.6 is 11.8 Å². The molecule has 0 fully saturated rings. The summed E-state index contributed by atoms with van der Waals surface area (Å²) < 4.78 is 7.07. The van der Waals surface area contributed by atoms with Gasteiger partial charge in [-0.1, -0.05) is 23.9 Å². The second kappa shape index (κ2) is 8.48. The Labute approximate surface area is 155 Å². The zero-order chi connectivity index (χ0) is 18.4. The van der Waals surface area contributed by atoms with Gasteiger partial charge in [0, 0.05) is 19.7 Å². The summed E-state index contributed by atoms with van der Waals surface area (Å²) in [6.07, 6.45) is 3.93. The van der Waals surface area contributed by atoms with E-state index in [4.69, 9.17) is 4.74 Å². The van der Waals surface area contributed by atoms with Crippen LogP contribution in [0.15, 0.2) is 53.9 Å². The van der Waals surface area contributed by atoms with Crippen LogP contribution in [-0.2, 0) is 18.3 Å². The Hall–Kier alpha value is -2.87. The third kappa shape index (κ3) is 4.60. The fourth-order valence-corrected chi connectivity index (χ4v) is 3.04. The minimum atomic E-state index is -0.109. The highest BCUT2D eigenvalue weighted by Crippen LogP contribution is 2.19. The van der Waals surface area contributed by atoms with Crippen molar-refractivity contribution in [2.24, 2.45) is 7.05 Å². The molecule has 0 saturated heterocycles. The molecular formula is C18H19N5O2S. The number of hydrogen-bond acceptors (Lipinski definition) is 6. The second-order valence-electron chi connectivity index (χ2n) is 5.56. The van der Waals surface area contributed by atoms with Gasteiger partial charge in [-0.05, 0) is 29.8 Å². The lowest BCUT2D eigenvalue weighted by Gasteiger charge is -2.06. The van der Waals surface area contributed by atoms with Crippen LogP contribution in [0.4, 0.5) is 5.69 Å². The number of hydrogen-bond donors (Lipinski definition) is 1. The Balaban J connectivity index is 1.57. The first-order valence-electron chi connectivity index (χ1n) is 7.99. The number of ether oxygens (including phenoxy) is 1. The first-order valence-corrected chi connectivity index (χ1v) is 8.98. The van der Waals surface area contributed by atoms with E-state index >= 15 is 0 Å². The molecule has 0 bridgehead atoms. The van der Waals surface area contributed by atoms with Crippen molar-refractivity contribution in [3.8, 4) is 5.75 Å². The first-order chi connectivity index (χ1) is 12.7. The van der Waals surface area contributed by atoms with Gasteiger partial charge in [-0.3, -0.25) is 9.78 Å². The van der Waals surface area contributed by atoms with Gasteiger partial charge >= 0.3 is 0 Å². The molecule has 0 spiro atoms. The molecule has 0 aliphatic carbocycles. The number of pyridine rings is 1. The highest BCUT2D eigenvalue weighted by molar-refractivity contribution is 7.99. The number of benzene rings is 1. The number of anilines is 1. The average molecular weight is 369 g/mol. The SMILES string of the molecule is COc1ccc(Cc2nnc(SCC(=O)Nc3cccnc3)n2C)cc1. The summed E-state index contributed by atoms with van der Waals surface area (Å²) in [5.74, 6) is 1.80. The van der Waals surface area contributed by atoms with E-state index in [2.05, 4.69) is 20.5 Å². The molecule has 2 heterocycles. The lowest BCUT2D eigenvalue weighted by molar-refractivity contribution is -0.113. The van der Waals surface area contributed by atoms with E-state index in [9.17, 15) is 4.79 Å². The fourth-order valence-electron chi connectivity index (χ4n) is 2.31. The van der Waals surface area contributed by atoms with Crippen molar-refractivity contribution < 1.29 is 9.53 Å². The maximum atomic E-state index is 12.0. The summed E-state index contributed by atoms with van der Waals surface area (Å²) >= 11 is 1.35. The normalized spacial score (nSPS) is 10.5. The van der Waals surface area contributed by atoms with Crippen molar-refractivity contribution in [1.29, 1.82) is 0 Å². The second-order valence-corrected chi connectivity index (χ2v) is 6.50. The van der Waals surface area contributed by atoms with Crippen LogP contribution in [0.2, 0.25) is 0 Å². The molecule has 0 saturated carbocycles. The maximum absolute atomic E-state index is 12.0. The van der Waals surface area contributed by atoms with E-state index in [1.165, 1.54) is 11.8 Å². The molecule has 1 amide bonds. The smallest absolute Gasteiger partial charge is 0.234 e. The first kappa shape index (κ1) is 17.9. The van der Waals surface area contributed by atoms with Crippen LogP contribution in [0.3, 0.4) is 0 Å². The van der Waals surface area contributed by atoms with Crippen LogP contribution < -0.4 is 10.1 Å². The molecule has 1 aromatic carbocycles. The molecule has 2 aromatic heterocycles. The number of aromatic nitrogens is 4. The number of carbonyl (C=O) groups excluding carboxylic acids is 1. The minimum Gasteiger partial charge on any atom is -0.497 e. The monoisotopic (exact) mass is 369 g/mol. The minimum absolute atomic E-state index is 0.109. The molecule has 0 radical (unpaired) electrons. The molecule has 0 aliphatic rings. The molecule has 26 heavy (non-hydrogen) atoms. The molecule has 3 aromatic rings. The van der Waals surface area contributed by atoms with Gasteiger partial charge in [-0.2, -0.15) is 0 Å². The van der Waals surface area contributed by atoms with Gasteiger partial charge in [0.2, 0.25) is 5.91 Å². The number of amides is 1. The predicted octanol–water partition coefficient (Wildman–Crippen LogP) is 2.54. The van der Waals surface area contributed by atoms with E-state index in [0.29, 0.717) is 17.3 Å². The summed E-state index contributed by atoms with van der Waals surface area (Å²) in [6.45, 7) is 0. The molecule has 134 valence electrons. The van der Waals surface area contributed by atoms with Crippen LogP contribution in [0.25, 0.3) is 0 Å². The van der Waals surface area contributed by atoms with E-state index < -0.39 is 0 Å².